The van der Waals surface area contributed by atoms with Gasteiger partial charge in [-0.05, 0) is 31.9 Å². The normalized spacial score (nSPS) is 15.6. The van der Waals surface area contributed by atoms with Gasteiger partial charge in [-0.25, -0.2) is 12.8 Å². The first-order chi connectivity index (χ1) is 10.9. The first-order valence-corrected chi connectivity index (χ1v) is 9.57. The van der Waals surface area contributed by atoms with Gasteiger partial charge >= 0.3 is 0 Å². The van der Waals surface area contributed by atoms with E-state index in [1.54, 1.807) is 6.92 Å². The van der Waals surface area contributed by atoms with Crippen molar-refractivity contribution in [1.29, 1.82) is 0 Å². The Bertz CT molecular complexity index is 654. The lowest BCUT2D eigenvalue weighted by molar-refractivity contribution is -0.115. The van der Waals surface area contributed by atoms with Crippen LogP contribution in [0.25, 0.3) is 0 Å². The number of halogens is 1. The van der Waals surface area contributed by atoms with E-state index in [-0.39, 0.29) is 23.1 Å². The maximum Gasteiger partial charge on any atom is 0.225 e. The minimum Gasteiger partial charge on any atom is -0.492 e. The molecule has 7 heteroatoms. The van der Waals surface area contributed by atoms with Crippen LogP contribution in [-0.2, 0) is 14.6 Å². The van der Waals surface area contributed by atoms with Crippen molar-refractivity contribution in [2.75, 3.05) is 17.7 Å². The summed E-state index contributed by atoms with van der Waals surface area (Å²) in [5.74, 6) is -0.774. The third-order valence-electron chi connectivity index (χ3n) is 3.94. The lowest BCUT2D eigenvalue weighted by Crippen LogP contribution is -2.24. The number of anilines is 1. The number of rotatable bonds is 7. The Balaban J connectivity index is 1.95. The number of hydrogen-bond acceptors (Lipinski definition) is 4. The molecule has 0 aromatic heterocycles. The predicted octanol–water partition coefficient (Wildman–Crippen LogP) is 2.91. The number of amides is 1. The highest BCUT2D eigenvalue weighted by Gasteiger charge is 2.28. The highest BCUT2D eigenvalue weighted by molar-refractivity contribution is 7.92. The monoisotopic (exact) mass is 343 g/mol. The zero-order valence-corrected chi connectivity index (χ0v) is 14.0. The van der Waals surface area contributed by atoms with Crippen LogP contribution < -0.4 is 10.1 Å². The Morgan fingerprint density at radius 3 is 2.70 bits per heavy atom. The summed E-state index contributed by atoms with van der Waals surface area (Å²) in [5, 5.41) is 2.21. The average molecular weight is 343 g/mol. The van der Waals surface area contributed by atoms with Gasteiger partial charge in [0.2, 0.25) is 5.91 Å². The van der Waals surface area contributed by atoms with Gasteiger partial charge in [0, 0.05) is 12.5 Å². The predicted molar refractivity (Wildman–Crippen MR) is 86.9 cm³/mol. The molecule has 1 N–H and O–H groups in total. The molecule has 1 fully saturated rings. The van der Waals surface area contributed by atoms with Gasteiger partial charge in [0.25, 0.3) is 0 Å². The molecule has 0 spiro atoms. The van der Waals surface area contributed by atoms with Crippen molar-refractivity contribution in [3.63, 3.8) is 0 Å². The molecule has 0 saturated heterocycles. The molecule has 0 bridgehead atoms. The summed E-state index contributed by atoms with van der Waals surface area (Å²) in [6, 6.07) is 3.84. The van der Waals surface area contributed by atoms with Crippen LogP contribution in [0.3, 0.4) is 0 Å². The second-order valence-corrected chi connectivity index (χ2v) is 8.05. The smallest absolute Gasteiger partial charge is 0.225 e. The molecule has 1 amide bonds. The number of ether oxygens (including phenoxy) is 1. The maximum absolute atomic E-state index is 13.3. The number of carbonyl (C=O) groups excluding carboxylic acids is 1. The van der Waals surface area contributed by atoms with Crippen LogP contribution >= 0.6 is 0 Å². The minimum atomic E-state index is -3.24. The molecule has 128 valence electrons. The van der Waals surface area contributed by atoms with Gasteiger partial charge in [0.05, 0.1) is 23.3 Å². The summed E-state index contributed by atoms with van der Waals surface area (Å²) < 4.78 is 42.9. The van der Waals surface area contributed by atoms with E-state index in [1.807, 2.05) is 0 Å². The lowest BCUT2D eigenvalue weighted by atomic mass is 10.2. The van der Waals surface area contributed by atoms with E-state index in [0.717, 1.165) is 18.9 Å². The summed E-state index contributed by atoms with van der Waals surface area (Å²) in [7, 11) is -3.24. The zero-order valence-electron chi connectivity index (χ0n) is 13.2. The first-order valence-electron chi connectivity index (χ1n) is 7.86. The molecular formula is C16H22FNO4S. The van der Waals surface area contributed by atoms with Crippen molar-refractivity contribution >= 4 is 21.4 Å². The van der Waals surface area contributed by atoms with Gasteiger partial charge in [-0.1, -0.05) is 12.8 Å². The fraction of sp³-hybridized carbons (Fsp3) is 0.562. The van der Waals surface area contributed by atoms with Crippen molar-refractivity contribution in [2.45, 2.75) is 44.3 Å². The van der Waals surface area contributed by atoms with Gasteiger partial charge in [-0.2, -0.15) is 0 Å². The molecule has 1 aliphatic carbocycles. The van der Waals surface area contributed by atoms with Crippen LogP contribution in [0, 0.1) is 5.82 Å². The third-order valence-corrected chi connectivity index (χ3v) is 6.20. The summed E-state index contributed by atoms with van der Waals surface area (Å²) in [6.07, 6.45) is 3.08. The summed E-state index contributed by atoms with van der Waals surface area (Å²) in [5.41, 5.74) is 0.218. The van der Waals surface area contributed by atoms with Gasteiger partial charge in [0.1, 0.15) is 11.6 Å². The van der Waals surface area contributed by atoms with Gasteiger partial charge in [0.15, 0.2) is 9.84 Å². The summed E-state index contributed by atoms with van der Waals surface area (Å²) in [6.45, 7) is 2.16. The molecule has 0 unspecified atom stereocenters. The quantitative estimate of drug-likeness (QED) is 0.826. The zero-order chi connectivity index (χ0) is 16.9. The highest BCUT2D eigenvalue weighted by Crippen LogP contribution is 2.27. The standard InChI is InChI=1S/C16H22FNO4S/c1-2-22-15-8-7-12(17)11-14(15)18-16(19)9-10-23(20,21)13-5-3-4-6-13/h7-8,11,13H,2-6,9-10H2,1H3,(H,18,19). The Hall–Kier alpha value is -1.63. The van der Waals surface area contributed by atoms with E-state index in [4.69, 9.17) is 4.74 Å². The van der Waals surface area contributed by atoms with Crippen molar-refractivity contribution in [1.82, 2.24) is 0 Å². The van der Waals surface area contributed by atoms with Gasteiger partial charge < -0.3 is 10.1 Å². The molecular weight excluding hydrogens is 321 g/mol. The van der Waals surface area contributed by atoms with Crippen LogP contribution in [-0.4, -0.2) is 31.9 Å². The number of hydrogen-bond donors (Lipinski definition) is 1. The largest absolute Gasteiger partial charge is 0.492 e. The van der Waals surface area contributed by atoms with Gasteiger partial charge in [-0.15, -0.1) is 0 Å². The van der Waals surface area contributed by atoms with Crippen LogP contribution in [0.4, 0.5) is 10.1 Å². The van der Waals surface area contributed by atoms with Crippen molar-refractivity contribution in [2.24, 2.45) is 0 Å². The Morgan fingerprint density at radius 2 is 2.04 bits per heavy atom. The summed E-state index contributed by atoms with van der Waals surface area (Å²) in [4.78, 5) is 12.0. The third kappa shape index (κ3) is 4.92. The Morgan fingerprint density at radius 1 is 1.35 bits per heavy atom. The Kier molecular flexibility index (Phi) is 5.98. The first kappa shape index (κ1) is 17.7. The number of carbonyl (C=O) groups is 1. The van der Waals surface area contributed by atoms with E-state index in [9.17, 15) is 17.6 Å². The van der Waals surface area contributed by atoms with Crippen LogP contribution in [0.15, 0.2) is 18.2 Å². The average Bonchev–Trinajstić information content (AvgIpc) is 3.03. The number of sulfone groups is 1. The van der Waals surface area contributed by atoms with Crippen LogP contribution in [0.5, 0.6) is 5.75 Å². The number of benzene rings is 1. The molecule has 1 aromatic rings. The van der Waals surface area contributed by atoms with Crippen LogP contribution in [0.2, 0.25) is 0 Å². The molecule has 0 atom stereocenters. The minimum absolute atomic E-state index is 0.138. The van der Waals surface area contributed by atoms with E-state index in [2.05, 4.69) is 5.32 Å². The molecule has 1 aliphatic rings. The molecule has 1 saturated carbocycles. The SMILES string of the molecule is CCOc1ccc(F)cc1NC(=O)CCS(=O)(=O)C1CCCC1. The van der Waals surface area contributed by atoms with E-state index >= 15 is 0 Å². The molecule has 2 rings (SSSR count). The molecule has 23 heavy (non-hydrogen) atoms. The molecule has 0 heterocycles. The lowest BCUT2D eigenvalue weighted by Gasteiger charge is -2.13. The van der Waals surface area contributed by atoms with Crippen molar-refractivity contribution in [3.8, 4) is 5.75 Å². The fourth-order valence-corrected chi connectivity index (χ4v) is 4.60. The molecule has 0 radical (unpaired) electrons. The second kappa shape index (κ2) is 7.77. The molecule has 0 aliphatic heterocycles. The number of nitrogens with one attached hydrogen (secondary N) is 1. The van der Waals surface area contributed by atoms with E-state index in [0.29, 0.717) is 25.2 Å². The fourth-order valence-electron chi connectivity index (χ4n) is 2.74. The summed E-state index contributed by atoms with van der Waals surface area (Å²) >= 11 is 0. The molecule has 1 aromatic carbocycles. The van der Waals surface area contributed by atoms with E-state index in [1.165, 1.54) is 12.1 Å². The van der Waals surface area contributed by atoms with Crippen molar-refractivity contribution in [3.05, 3.63) is 24.0 Å². The Labute approximate surface area is 136 Å². The maximum atomic E-state index is 13.3. The van der Waals surface area contributed by atoms with Crippen LogP contribution in [0.1, 0.15) is 39.0 Å². The van der Waals surface area contributed by atoms with Gasteiger partial charge in [-0.3, -0.25) is 4.79 Å². The van der Waals surface area contributed by atoms with Crippen molar-refractivity contribution < 1.29 is 22.3 Å². The highest BCUT2D eigenvalue weighted by atomic mass is 32.2. The second-order valence-electron chi connectivity index (χ2n) is 5.65. The van der Waals surface area contributed by atoms with E-state index < -0.39 is 21.6 Å². The topological polar surface area (TPSA) is 72.5 Å². The molecule has 5 nitrogen and oxygen atoms in total.